The first-order valence-electron chi connectivity index (χ1n) is 23.2. The minimum absolute atomic E-state index is 0.00806. The van der Waals surface area contributed by atoms with Gasteiger partial charge in [-0.3, -0.25) is 0 Å². The van der Waals surface area contributed by atoms with Crippen LogP contribution in [0.1, 0.15) is 24.7 Å². The summed E-state index contributed by atoms with van der Waals surface area (Å²) in [6.07, 6.45) is 0. The SMILES string of the molecule is [2H]c1cc([2H])c(-c2c([2H])cc3c(oc4c([2H])cc([2H])c(-c5nc(-c6ccc7cc(-c8c([2H])c([2H])c([2H])c([2H])c8[2H])ccc7c6)nc(-c6c([2H])c([2H])c([2H])c([2H])c6[2H])n5)c43)c2[2H])c([2H])c1[2H]. The Morgan fingerprint density at radius 1 is 0.447 bits per heavy atom. The highest BCUT2D eigenvalue weighted by Crippen LogP contribution is 2.38. The number of hydrogen-bond donors (Lipinski definition) is 0. The molecule has 9 aromatic rings. The van der Waals surface area contributed by atoms with Gasteiger partial charge in [0.15, 0.2) is 17.5 Å². The Balaban J connectivity index is 1.30. The number of hydrogen-bond acceptors (Lipinski definition) is 4. The van der Waals surface area contributed by atoms with Gasteiger partial charge >= 0.3 is 0 Å². The molecule has 47 heavy (non-hydrogen) atoms. The number of aromatic nitrogens is 3. The molecule has 4 heteroatoms. The second-order valence-corrected chi connectivity index (χ2v) is 10.3. The van der Waals surface area contributed by atoms with Crippen LogP contribution in [0.25, 0.3) is 89.1 Å². The van der Waals surface area contributed by atoms with Gasteiger partial charge in [-0.2, -0.15) is 0 Å². The normalized spacial score (nSPS) is 16.8. The average Bonchev–Trinajstić information content (AvgIpc) is 3.66. The first kappa shape index (κ1) is 14.4. The van der Waals surface area contributed by atoms with E-state index in [0.29, 0.717) is 21.9 Å². The fourth-order valence-electron chi connectivity index (χ4n) is 5.31. The van der Waals surface area contributed by atoms with E-state index in [2.05, 4.69) is 9.97 Å². The van der Waals surface area contributed by atoms with E-state index in [-0.39, 0.29) is 104 Å². The molecule has 0 bridgehead atoms. The lowest BCUT2D eigenvalue weighted by Crippen LogP contribution is -2.00. The third kappa shape index (κ3) is 4.93. The highest BCUT2D eigenvalue weighted by molar-refractivity contribution is 6.12. The summed E-state index contributed by atoms with van der Waals surface area (Å²) in [7, 11) is 0. The Labute approximate surface area is 297 Å². The maximum Gasteiger partial charge on any atom is 0.164 e. The van der Waals surface area contributed by atoms with Crippen molar-refractivity contribution in [3.05, 3.63) is 163 Å². The molecule has 0 aliphatic carbocycles. The fraction of sp³-hybridized carbons (Fsp3) is 0. The maximum absolute atomic E-state index is 9.17. The Hall–Kier alpha value is -6.39. The second-order valence-electron chi connectivity index (χ2n) is 10.3. The highest BCUT2D eigenvalue weighted by atomic mass is 16.3. The lowest BCUT2D eigenvalue weighted by molar-refractivity contribution is 0.669. The molecule has 220 valence electrons. The van der Waals surface area contributed by atoms with Crippen LogP contribution in [0.5, 0.6) is 0 Å². The number of furan rings is 1. The van der Waals surface area contributed by atoms with Gasteiger partial charge in [0.25, 0.3) is 0 Å². The molecule has 4 nitrogen and oxygen atoms in total. The summed E-state index contributed by atoms with van der Waals surface area (Å²) in [6, 6.07) is 4.45. The molecule has 0 atom stereocenters. The Morgan fingerprint density at radius 3 is 1.87 bits per heavy atom. The standard InChI is InChI=1S/C43H27N3O/c1-4-11-28(12-5-1)31-19-20-33-26-35(22-21-32(33)25-31)42-44-41(30-15-8-3-9-16-30)45-43(46-42)37-17-10-18-38-40(37)36-24-23-34(27-39(36)47-38)29-13-6-2-7-14-29/h1-27H/i1D,2D,3D,4D,5D,6D,8D,9D,11D,12D,13D,14D,15D,16D,17D,18D,23D,27D. The molecule has 0 N–H and O–H groups in total. The monoisotopic (exact) mass is 619 g/mol. The molecule has 0 unspecified atom stereocenters. The van der Waals surface area contributed by atoms with Gasteiger partial charge in [-0.05, 0) is 63.3 Å². The first-order chi connectivity index (χ1) is 30.7. The van der Waals surface area contributed by atoms with Gasteiger partial charge in [0.2, 0.25) is 0 Å². The van der Waals surface area contributed by atoms with Gasteiger partial charge < -0.3 is 4.42 Å². The molecule has 9 rings (SSSR count). The summed E-state index contributed by atoms with van der Waals surface area (Å²) >= 11 is 0. The predicted octanol–water partition coefficient (Wildman–Crippen LogP) is 11.3. The topological polar surface area (TPSA) is 51.8 Å². The minimum atomic E-state index is -0.670. The van der Waals surface area contributed by atoms with Gasteiger partial charge in [0.05, 0.1) is 24.7 Å². The highest BCUT2D eigenvalue weighted by Gasteiger charge is 2.18. The Bertz CT molecular complexity index is 3550. The predicted molar refractivity (Wildman–Crippen MR) is 192 cm³/mol. The molecule has 0 radical (unpaired) electrons. The quantitative estimate of drug-likeness (QED) is 0.192. The van der Waals surface area contributed by atoms with Gasteiger partial charge in [0.1, 0.15) is 11.2 Å². The number of benzene rings is 7. The molecule has 0 spiro atoms. The molecule has 0 aliphatic rings. The Kier molecular flexibility index (Phi) is 3.42. The van der Waals surface area contributed by atoms with Crippen LogP contribution in [0.2, 0.25) is 0 Å². The summed E-state index contributed by atoms with van der Waals surface area (Å²) in [5, 5.41) is 1.22. The number of rotatable bonds is 5. The zero-order valence-electron chi connectivity index (χ0n) is 41.9. The van der Waals surface area contributed by atoms with Crippen molar-refractivity contribution in [2.24, 2.45) is 0 Å². The van der Waals surface area contributed by atoms with Crippen molar-refractivity contribution in [2.45, 2.75) is 0 Å². The summed E-state index contributed by atoms with van der Waals surface area (Å²) in [5.74, 6) is -0.753. The van der Waals surface area contributed by atoms with E-state index in [1.165, 1.54) is 6.07 Å². The van der Waals surface area contributed by atoms with E-state index in [0.717, 1.165) is 12.1 Å². The minimum Gasteiger partial charge on any atom is -0.456 e. The molecule has 0 fully saturated rings. The zero-order valence-corrected chi connectivity index (χ0v) is 23.9. The van der Waals surface area contributed by atoms with Crippen LogP contribution in [0, 0.1) is 0 Å². The van der Waals surface area contributed by atoms with Crippen molar-refractivity contribution in [2.75, 3.05) is 0 Å². The average molecular weight is 620 g/mol. The Morgan fingerprint density at radius 2 is 1.09 bits per heavy atom. The smallest absolute Gasteiger partial charge is 0.164 e. The van der Waals surface area contributed by atoms with Crippen molar-refractivity contribution < 1.29 is 29.1 Å². The molecule has 7 aromatic carbocycles. The van der Waals surface area contributed by atoms with Crippen LogP contribution in [0.15, 0.2) is 168 Å². The second kappa shape index (κ2) is 11.2. The van der Waals surface area contributed by atoms with E-state index in [1.807, 2.05) is 0 Å². The largest absolute Gasteiger partial charge is 0.456 e. The van der Waals surface area contributed by atoms with E-state index < -0.39 is 72.0 Å². The molecule has 0 aliphatic heterocycles. The van der Waals surface area contributed by atoms with Crippen molar-refractivity contribution >= 4 is 32.7 Å². The van der Waals surface area contributed by atoms with Crippen LogP contribution in [-0.2, 0) is 0 Å². The van der Waals surface area contributed by atoms with Gasteiger partial charge in [-0.15, -0.1) is 0 Å². The zero-order chi connectivity index (χ0) is 46.8. The summed E-state index contributed by atoms with van der Waals surface area (Å²) in [4.78, 5) is 13.9. The van der Waals surface area contributed by atoms with Crippen molar-refractivity contribution in [3.63, 3.8) is 0 Å². The molecule has 2 aromatic heterocycles. The van der Waals surface area contributed by atoms with Crippen molar-refractivity contribution in [1.82, 2.24) is 15.0 Å². The third-order valence-corrected chi connectivity index (χ3v) is 7.48. The van der Waals surface area contributed by atoms with Gasteiger partial charge in [0, 0.05) is 27.5 Å². The van der Waals surface area contributed by atoms with E-state index in [1.54, 1.807) is 36.4 Å². The molecule has 0 saturated heterocycles. The third-order valence-electron chi connectivity index (χ3n) is 7.48. The molecular weight excluding hydrogens is 574 g/mol. The van der Waals surface area contributed by atoms with Crippen LogP contribution in [-0.4, -0.2) is 15.0 Å². The first-order valence-corrected chi connectivity index (χ1v) is 14.2. The van der Waals surface area contributed by atoms with Gasteiger partial charge in [-0.25, -0.2) is 15.0 Å². The molecule has 0 amide bonds. The van der Waals surface area contributed by atoms with Crippen LogP contribution in [0.4, 0.5) is 0 Å². The van der Waals surface area contributed by atoms with E-state index in [4.69, 9.17) is 34.1 Å². The van der Waals surface area contributed by atoms with Crippen molar-refractivity contribution in [3.8, 4) is 56.4 Å². The molecule has 0 saturated carbocycles. The van der Waals surface area contributed by atoms with Crippen LogP contribution in [0.3, 0.4) is 0 Å². The lowest BCUT2D eigenvalue weighted by Gasteiger charge is -2.10. The molecular formula is C43H27N3O. The fourth-order valence-corrected chi connectivity index (χ4v) is 5.31. The summed E-state index contributed by atoms with van der Waals surface area (Å²) < 4.78 is 159. The van der Waals surface area contributed by atoms with E-state index >= 15 is 0 Å². The summed E-state index contributed by atoms with van der Waals surface area (Å²) in [6.45, 7) is 0. The van der Waals surface area contributed by atoms with Crippen LogP contribution < -0.4 is 0 Å². The lowest BCUT2D eigenvalue weighted by atomic mass is 9.99. The molecule has 2 heterocycles. The van der Waals surface area contributed by atoms with E-state index in [9.17, 15) is 0 Å². The van der Waals surface area contributed by atoms with Gasteiger partial charge in [-0.1, -0.05) is 133 Å². The van der Waals surface area contributed by atoms with Crippen LogP contribution >= 0.6 is 0 Å². The van der Waals surface area contributed by atoms with Crippen molar-refractivity contribution in [1.29, 1.82) is 0 Å². The number of fused-ring (bicyclic) bond motifs is 4. The number of nitrogens with zero attached hydrogens (tertiary/aromatic N) is 3. The summed E-state index contributed by atoms with van der Waals surface area (Å²) in [5.41, 5.74) is -0.658. The maximum atomic E-state index is 9.17.